The summed E-state index contributed by atoms with van der Waals surface area (Å²) >= 11 is 0. The van der Waals surface area contributed by atoms with Gasteiger partial charge >= 0.3 is 0 Å². The summed E-state index contributed by atoms with van der Waals surface area (Å²) in [5, 5.41) is 3.38. The van der Waals surface area contributed by atoms with E-state index in [1.165, 1.54) is 0 Å². The molecule has 138 valence electrons. The van der Waals surface area contributed by atoms with Crippen LogP contribution in [-0.4, -0.2) is 12.5 Å². The van der Waals surface area contributed by atoms with Crippen molar-refractivity contribution in [3.63, 3.8) is 0 Å². The van der Waals surface area contributed by atoms with Crippen LogP contribution in [0.3, 0.4) is 0 Å². The van der Waals surface area contributed by atoms with Crippen molar-refractivity contribution in [2.75, 3.05) is 6.61 Å². The van der Waals surface area contributed by atoms with Gasteiger partial charge in [-0.2, -0.15) is 0 Å². The largest absolute Gasteiger partial charge is 0.494 e. The number of amides is 1. The van der Waals surface area contributed by atoms with Gasteiger partial charge in [-0.25, -0.2) is 0 Å². The maximum Gasteiger partial charge on any atom is 0.288 e. The summed E-state index contributed by atoms with van der Waals surface area (Å²) in [4.78, 5) is 25.7. The predicted octanol–water partition coefficient (Wildman–Crippen LogP) is 4.03. The number of rotatable bonds is 4. The van der Waals surface area contributed by atoms with Crippen molar-refractivity contribution in [3.8, 4) is 5.75 Å². The summed E-state index contributed by atoms with van der Waals surface area (Å²) in [5.41, 5.74) is 3.36. The van der Waals surface area contributed by atoms with Crippen LogP contribution in [0.5, 0.6) is 5.75 Å². The highest BCUT2D eigenvalue weighted by molar-refractivity contribution is 5.99. The van der Waals surface area contributed by atoms with Crippen LogP contribution in [0.1, 0.15) is 52.2 Å². The first-order valence-electron chi connectivity index (χ1n) is 9.11. The third-order valence-electron chi connectivity index (χ3n) is 5.05. The molecule has 4 rings (SSSR count). The SMILES string of the molecule is CCCOc1cccc(C2NC(=O)c3oc4c(C)c(C)ccc4c(=O)c32)c1. The van der Waals surface area contributed by atoms with Gasteiger partial charge in [0.2, 0.25) is 5.76 Å². The number of benzene rings is 2. The minimum Gasteiger partial charge on any atom is -0.494 e. The van der Waals surface area contributed by atoms with E-state index in [1.54, 1.807) is 6.07 Å². The van der Waals surface area contributed by atoms with E-state index >= 15 is 0 Å². The van der Waals surface area contributed by atoms with Crippen LogP contribution in [0.4, 0.5) is 0 Å². The highest BCUT2D eigenvalue weighted by atomic mass is 16.5. The molecule has 1 unspecified atom stereocenters. The standard InChI is InChI=1S/C22H21NO4/c1-4-10-26-15-7-5-6-14(11-15)18-17-19(24)16-9-8-12(2)13(3)20(16)27-21(17)22(25)23-18/h5-9,11,18H,4,10H2,1-3H3,(H,23,25). The highest BCUT2D eigenvalue weighted by Crippen LogP contribution is 2.33. The Bertz CT molecular complexity index is 1110. The number of aryl methyl sites for hydroxylation is 2. The molecule has 1 aromatic heterocycles. The van der Waals surface area contributed by atoms with Crippen LogP contribution in [0, 0.1) is 13.8 Å². The molecule has 1 aliphatic heterocycles. The molecule has 0 radical (unpaired) electrons. The Morgan fingerprint density at radius 3 is 2.74 bits per heavy atom. The third-order valence-corrected chi connectivity index (χ3v) is 5.05. The zero-order valence-electron chi connectivity index (χ0n) is 15.6. The van der Waals surface area contributed by atoms with Gasteiger partial charge in [0, 0.05) is 0 Å². The lowest BCUT2D eigenvalue weighted by Gasteiger charge is -2.14. The lowest BCUT2D eigenvalue weighted by molar-refractivity contribution is 0.0937. The summed E-state index contributed by atoms with van der Waals surface area (Å²) < 4.78 is 11.6. The molecular formula is C22H21NO4. The molecule has 5 heteroatoms. The lowest BCUT2D eigenvalue weighted by Crippen LogP contribution is -2.22. The molecule has 2 aromatic carbocycles. The fourth-order valence-electron chi connectivity index (χ4n) is 3.46. The van der Waals surface area contributed by atoms with Gasteiger partial charge in [0.05, 0.1) is 23.6 Å². The van der Waals surface area contributed by atoms with E-state index in [4.69, 9.17) is 9.15 Å². The maximum absolute atomic E-state index is 13.2. The minimum atomic E-state index is -0.542. The van der Waals surface area contributed by atoms with Crippen LogP contribution >= 0.6 is 0 Å². The molecule has 0 spiro atoms. The van der Waals surface area contributed by atoms with Crippen LogP contribution in [0.15, 0.2) is 45.6 Å². The molecular weight excluding hydrogens is 342 g/mol. The molecule has 1 amide bonds. The molecule has 1 N–H and O–H groups in total. The van der Waals surface area contributed by atoms with Gasteiger partial charge in [0.15, 0.2) is 5.43 Å². The Labute approximate surface area is 157 Å². The number of fused-ring (bicyclic) bond motifs is 2. The minimum absolute atomic E-state index is 0.103. The monoisotopic (exact) mass is 363 g/mol. The summed E-state index contributed by atoms with van der Waals surface area (Å²) in [6, 6.07) is 10.6. The molecule has 27 heavy (non-hydrogen) atoms. The van der Waals surface area contributed by atoms with E-state index in [0.717, 1.165) is 23.1 Å². The first-order valence-corrected chi connectivity index (χ1v) is 9.11. The second kappa shape index (κ2) is 6.58. The van der Waals surface area contributed by atoms with E-state index in [2.05, 4.69) is 5.32 Å². The molecule has 3 aromatic rings. The summed E-state index contributed by atoms with van der Waals surface area (Å²) in [6.45, 7) is 6.50. The Hall–Kier alpha value is -3.08. The smallest absolute Gasteiger partial charge is 0.288 e. The Morgan fingerprint density at radius 2 is 1.96 bits per heavy atom. The first kappa shape index (κ1) is 17.3. The summed E-state index contributed by atoms with van der Waals surface area (Å²) in [7, 11) is 0. The van der Waals surface area contributed by atoms with Gasteiger partial charge < -0.3 is 14.5 Å². The second-order valence-electron chi connectivity index (χ2n) is 6.89. The Morgan fingerprint density at radius 1 is 1.15 bits per heavy atom. The molecule has 0 aliphatic carbocycles. The van der Waals surface area contributed by atoms with Gasteiger partial charge in [-0.15, -0.1) is 0 Å². The molecule has 0 bridgehead atoms. The van der Waals surface area contributed by atoms with E-state index in [-0.39, 0.29) is 17.1 Å². The van der Waals surface area contributed by atoms with Crippen LogP contribution in [0.2, 0.25) is 0 Å². The molecule has 0 saturated heterocycles. The van der Waals surface area contributed by atoms with Crippen LogP contribution in [0.25, 0.3) is 11.0 Å². The number of hydrogen-bond acceptors (Lipinski definition) is 4. The molecule has 0 saturated carbocycles. The van der Waals surface area contributed by atoms with Gasteiger partial charge in [0.25, 0.3) is 5.91 Å². The van der Waals surface area contributed by atoms with Crippen molar-refractivity contribution in [1.29, 1.82) is 0 Å². The zero-order valence-corrected chi connectivity index (χ0v) is 15.6. The van der Waals surface area contributed by atoms with Crippen molar-refractivity contribution >= 4 is 16.9 Å². The molecule has 1 atom stereocenters. The van der Waals surface area contributed by atoms with Crippen LogP contribution in [-0.2, 0) is 0 Å². The van der Waals surface area contributed by atoms with Gasteiger partial charge in [0.1, 0.15) is 11.3 Å². The van der Waals surface area contributed by atoms with Crippen molar-refractivity contribution in [2.24, 2.45) is 0 Å². The van der Waals surface area contributed by atoms with Gasteiger partial charge in [-0.1, -0.05) is 25.1 Å². The number of nitrogens with one attached hydrogen (secondary N) is 1. The third kappa shape index (κ3) is 2.79. The predicted molar refractivity (Wildman–Crippen MR) is 103 cm³/mol. The van der Waals surface area contributed by atoms with Crippen molar-refractivity contribution < 1.29 is 13.9 Å². The first-order chi connectivity index (χ1) is 13.0. The Kier molecular flexibility index (Phi) is 4.22. The Balaban J connectivity index is 1.88. The van der Waals surface area contributed by atoms with Crippen molar-refractivity contribution in [1.82, 2.24) is 5.32 Å². The second-order valence-corrected chi connectivity index (χ2v) is 6.89. The zero-order chi connectivity index (χ0) is 19.1. The molecule has 2 heterocycles. The normalized spacial score (nSPS) is 15.7. The lowest BCUT2D eigenvalue weighted by atomic mass is 9.98. The van der Waals surface area contributed by atoms with E-state index in [0.29, 0.717) is 28.9 Å². The number of ether oxygens (including phenoxy) is 1. The molecule has 1 aliphatic rings. The average molecular weight is 363 g/mol. The number of hydrogen-bond donors (Lipinski definition) is 1. The van der Waals surface area contributed by atoms with Gasteiger partial charge in [-0.3, -0.25) is 9.59 Å². The molecule has 5 nitrogen and oxygen atoms in total. The van der Waals surface area contributed by atoms with E-state index < -0.39 is 6.04 Å². The fraction of sp³-hybridized carbons (Fsp3) is 0.273. The molecule has 0 fully saturated rings. The maximum atomic E-state index is 13.2. The number of carbonyl (C=O) groups is 1. The summed E-state index contributed by atoms with van der Waals surface area (Å²) in [6.07, 6.45) is 0.904. The van der Waals surface area contributed by atoms with E-state index in [1.807, 2.05) is 51.1 Å². The van der Waals surface area contributed by atoms with Crippen molar-refractivity contribution in [3.05, 3.63) is 74.6 Å². The van der Waals surface area contributed by atoms with Crippen LogP contribution < -0.4 is 15.5 Å². The van der Waals surface area contributed by atoms with Gasteiger partial charge in [-0.05, 0) is 55.2 Å². The fourth-order valence-corrected chi connectivity index (χ4v) is 3.46. The highest BCUT2D eigenvalue weighted by Gasteiger charge is 2.36. The topological polar surface area (TPSA) is 68.5 Å². The average Bonchev–Trinajstić information content (AvgIpc) is 3.01. The van der Waals surface area contributed by atoms with E-state index in [9.17, 15) is 9.59 Å². The summed E-state index contributed by atoms with van der Waals surface area (Å²) in [5.74, 6) is 0.453. The van der Waals surface area contributed by atoms with Crippen molar-refractivity contribution in [2.45, 2.75) is 33.2 Å². The number of carbonyl (C=O) groups excluding carboxylic acids is 1. The quantitative estimate of drug-likeness (QED) is 0.760.